The van der Waals surface area contributed by atoms with Gasteiger partial charge in [0.2, 0.25) is 0 Å². The topological polar surface area (TPSA) is 101 Å². The second-order valence-electron chi connectivity index (χ2n) is 6.89. The molecule has 1 N–H and O–H groups in total. The van der Waals surface area contributed by atoms with Gasteiger partial charge in [0.05, 0.1) is 25.8 Å². The molecule has 0 aliphatic carbocycles. The van der Waals surface area contributed by atoms with E-state index >= 15 is 0 Å². The highest BCUT2D eigenvalue weighted by atomic mass is 16.7. The number of likely N-dealkylation sites (tertiary alicyclic amines) is 1. The van der Waals surface area contributed by atoms with Crippen molar-refractivity contribution >= 4 is 5.96 Å². The Balaban J connectivity index is 1.53. The fourth-order valence-electron chi connectivity index (χ4n) is 3.69. The van der Waals surface area contributed by atoms with E-state index in [1.807, 2.05) is 6.07 Å². The summed E-state index contributed by atoms with van der Waals surface area (Å²) in [5.41, 5.74) is 1.33. The largest absolute Gasteiger partial charge is 0.338 e. The van der Waals surface area contributed by atoms with Crippen molar-refractivity contribution in [2.24, 2.45) is 5.10 Å². The van der Waals surface area contributed by atoms with Crippen molar-refractivity contribution in [1.29, 1.82) is 5.26 Å². The van der Waals surface area contributed by atoms with Crippen LogP contribution in [0.2, 0.25) is 0 Å². The molecular formula is C18H25N7O2. The Hall–Kier alpha value is -2.70. The van der Waals surface area contributed by atoms with Crippen LogP contribution in [-0.2, 0) is 6.54 Å². The first-order valence-electron chi connectivity index (χ1n) is 9.25. The number of hydrogen-bond donors (Lipinski definition) is 1. The summed E-state index contributed by atoms with van der Waals surface area (Å²) in [5.74, 6) is 0.244. The third-order valence-corrected chi connectivity index (χ3v) is 5.08. The van der Waals surface area contributed by atoms with Crippen molar-refractivity contribution in [3.05, 3.63) is 46.0 Å². The summed E-state index contributed by atoms with van der Waals surface area (Å²) >= 11 is 0. The van der Waals surface area contributed by atoms with Crippen molar-refractivity contribution in [3.63, 3.8) is 0 Å². The zero-order valence-electron chi connectivity index (χ0n) is 15.3. The minimum atomic E-state index is -0.695. The molecule has 2 saturated heterocycles. The molecule has 2 aliphatic heterocycles. The molecular weight excluding hydrogens is 346 g/mol. The number of hydrogen-bond acceptors (Lipinski definition) is 5. The third-order valence-electron chi connectivity index (χ3n) is 5.08. The number of nitro groups is 1. The molecule has 1 aromatic rings. The number of guanidine groups is 1. The molecule has 27 heavy (non-hydrogen) atoms. The highest BCUT2D eigenvalue weighted by molar-refractivity contribution is 5.79. The summed E-state index contributed by atoms with van der Waals surface area (Å²) in [6.07, 6.45) is 2.42. The lowest BCUT2D eigenvalue weighted by Crippen LogP contribution is -2.61. The van der Waals surface area contributed by atoms with Gasteiger partial charge in [-0.05, 0) is 31.5 Å². The van der Waals surface area contributed by atoms with Crippen molar-refractivity contribution in [2.75, 3.05) is 33.0 Å². The highest BCUT2D eigenvalue weighted by Crippen LogP contribution is 2.20. The van der Waals surface area contributed by atoms with Gasteiger partial charge in [-0.1, -0.05) is 30.3 Å². The first kappa shape index (κ1) is 19.1. The maximum absolute atomic E-state index is 10.7. The van der Waals surface area contributed by atoms with Crippen molar-refractivity contribution in [2.45, 2.75) is 31.8 Å². The SMILES string of the molecule is N#CCCN1CN(C2CCN(Cc3ccccc3)CC2)CN/C1=N\[N+](=O)[O-]. The van der Waals surface area contributed by atoms with Gasteiger partial charge < -0.3 is 10.2 Å². The smallest absolute Gasteiger partial charge is 0.273 e. The average molecular weight is 371 g/mol. The molecule has 3 rings (SSSR count). The number of rotatable bonds is 6. The van der Waals surface area contributed by atoms with E-state index in [4.69, 9.17) is 5.26 Å². The number of benzene rings is 1. The Bertz CT molecular complexity index is 695. The summed E-state index contributed by atoms with van der Waals surface area (Å²) in [7, 11) is 0. The first-order valence-corrected chi connectivity index (χ1v) is 9.25. The van der Waals surface area contributed by atoms with Gasteiger partial charge in [-0.3, -0.25) is 9.80 Å². The standard InChI is InChI=1S/C18H25N7O2/c19-9-4-10-23-15-24(14-20-18(23)21-25(26)27)17-7-11-22(12-8-17)13-16-5-2-1-3-6-16/h1-3,5-6,17H,4,7-8,10-15H2,(H,20,21). The Kier molecular flexibility index (Phi) is 6.57. The van der Waals surface area contributed by atoms with Crippen LogP contribution in [0.5, 0.6) is 0 Å². The van der Waals surface area contributed by atoms with Crippen LogP contribution in [0, 0.1) is 21.4 Å². The summed E-state index contributed by atoms with van der Waals surface area (Å²) < 4.78 is 0. The summed E-state index contributed by atoms with van der Waals surface area (Å²) in [6, 6.07) is 13.0. The first-order chi connectivity index (χ1) is 13.2. The van der Waals surface area contributed by atoms with Crippen LogP contribution in [0.1, 0.15) is 24.8 Å². The lowest BCUT2D eigenvalue weighted by Gasteiger charge is -2.43. The molecule has 2 heterocycles. The van der Waals surface area contributed by atoms with Gasteiger partial charge in [0.15, 0.2) is 5.03 Å². The Morgan fingerprint density at radius 3 is 2.70 bits per heavy atom. The van der Waals surface area contributed by atoms with E-state index < -0.39 is 5.03 Å². The molecule has 0 amide bonds. The fourth-order valence-corrected chi connectivity index (χ4v) is 3.69. The molecule has 0 aromatic heterocycles. The van der Waals surface area contributed by atoms with E-state index in [0.717, 1.165) is 32.5 Å². The van der Waals surface area contributed by atoms with Gasteiger partial charge in [0.25, 0.3) is 5.96 Å². The lowest BCUT2D eigenvalue weighted by atomic mass is 10.0. The van der Waals surface area contributed by atoms with Gasteiger partial charge in [-0.15, -0.1) is 0 Å². The van der Waals surface area contributed by atoms with Crippen LogP contribution in [0.15, 0.2) is 35.4 Å². The predicted octanol–water partition coefficient (Wildman–Crippen LogP) is 1.23. The number of piperidine rings is 1. The van der Waals surface area contributed by atoms with Crippen LogP contribution in [0.25, 0.3) is 0 Å². The van der Waals surface area contributed by atoms with E-state index in [9.17, 15) is 10.1 Å². The Morgan fingerprint density at radius 1 is 1.30 bits per heavy atom. The van der Waals surface area contributed by atoms with Gasteiger partial charge in [0, 0.05) is 19.1 Å². The zero-order valence-corrected chi connectivity index (χ0v) is 15.3. The minimum Gasteiger partial charge on any atom is -0.338 e. The lowest BCUT2D eigenvalue weighted by molar-refractivity contribution is -0.486. The molecule has 9 heteroatoms. The molecule has 0 saturated carbocycles. The average Bonchev–Trinajstić information content (AvgIpc) is 2.68. The number of hydrazone groups is 1. The molecule has 9 nitrogen and oxygen atoms in total. The molecule has 1 aromatic carbocycles. The fraction of sp³-hybridized carbons (Fsp3) is 0.556. The molecule has 144 valence electrons. The van der Waals surface area contributed by atoms with E-state index in [1.165, 1.54) is 5.56 Å². The number of nitrogens with one attached hydrogen (secondary N) is 1. The molecule has 0 unspecified atom stereocenters. The molecule has 0 atom stereocenters. The van der Waals surface area contributed by atoms with Gasteiger partial charge in [-0.2, -0.15) is 5.26 Å². The Labute approximate surface area is 159 Å². The van der Waals surface area contributed by atoms with Crippen molar-refractivity contribution in [3.8, 4) is 6.07 Å². The van der Waals surface area contributed by atoms with Crippen LogP contribution in [0.4, 0.5) is 0 Å². The van der Waals surface area contributed by atoms with E-state index in [2.05, 4.69) is 50.6 Å². The minimum absolute atomic E-state index is 0.244. The van der Waals surface area contributed by atoms with Crippen LogP contribution in [0.3, 0.4) is 0 Å². The van der Waals surface area contributed by atoms with E-state index in [1.54, 1.807) is 4.90 Å². The quantitative estimate of drug-likeness (QED) is 0.593. The number of nitriles is 1. The number of nitrogens with zero attached hydrogens (tertiary/aromatic N) is 6. The summed E-state index contributed by atoms with van der Waals surface area (Å²) in [4.78, 5) is 17.3. The second kappa shape index (κ2) is 9.30. The third kappa shape index (κ3) is 5.39. The molecule has 0 bridgehead atoms. The zero-order chi connectivity index (χ0) is 19.1. The van der Waals surface area contributed by atoms with Crippen LogP contribution >= 0.6 is 0 Å². The molecule has 0 spiro atoms. The van der Waals surface area contributed by atoms with Gasteiger partial charge in [0.1, 0.15) is 5.10 Å². The summed E-state index contributed by atoms with van der Waals surface area (Å²) in [6.45, 7) is 4.57. The molecule has 2 fully saturated rings. The normalized spacial score (nSPS) is 21.0. The van der Waals surface area contributed by atoms with Crippen LogP contribution in [-0.4, -0.2) is 64.7 Å². The predicted molar refractivity (Wildman–Crippen MR) is 101 cm³/mol. The van der Waals surface area contributed by atoms with Gasteiger partial charge in [-0.25, -0.2) is 10.1 Å². The van der Waals surface area contributed by atoms with Crippen LogP contribution < -0.4 is 5.32 Å². The second-order valence-corrected chi connectivity index (χ2v) is 6.89. The monoisotopic (exact) mass is 371 g/mol. The molecule has 0 radical (unpaired) electrons. The van der Waals surface area contributed by atoms with Gasteiger partial charge >= 0.3 is 0 Å². The maximum atomic E-state index is 10.7. The highest BCUT2D eigenvalue weighted by Gasteiger charge is 2.31. The van der Waals surface area contributed by atoms with E-state index in [0.29, 0.717) is 32.3 Å². The van der Waals surface area contributed by atoms with Crippen molar-refractivity contribution in [1.82, 2.24) is 20.0 Å². The summed E-state index contributed by atoms with van der Waals surface area (Å²) in [5, 5.41) is 25.3. The maximum Gasteiger partial charge on any atom is 0.273 e. The van der Waals surface area contributed by atoms with E-state index in [-0.39, 0.29) is 5.96 Å². The Morgan fingerprint density at radius 2 is 2.04 bits per heavy atom. The molecule has 2 aliphatic rings. The van der Waals surface area contributed by atoms with Crippen molar-refractivity contribution < 1.29 is 5.03 Å².